The lowest BCUT2D eigenvalue weighted by molar-refractivity contribution is 0.424. The number of likely N-dealkylation sites (N-methyl/N-ethyl adjacent to an activating group) is 2. The van der Waals surface area contributed by atoms with Crippen LogP contribution in [0, 0.1) is 0 Å². The van der Waals surface area contributed by atoms with Gasteiger partial charge in [0.15, 0.2) is 0 Å². The second kappa shape index (κ2) is 8.34. The summed E-state index contributed by atoms with van der Waals surface area (Å²) in [5, 5.41) is 9.54. The van der Waals surface area contributed by atoms with Crippen molar-refractivity contribution in [2.75, 3.05) is 65.0 Å². The molecular formula is C21H29N5. The Balaban J connectivity index is 1.99. The third kappa shape index (κ3) is 4.42. The van der Waals surface area contributed by atoms with Crippen molar-refractivity contribution in [2.45, 2.75) is 0 Å². The largest absolute Gasteiger partial charge is 0.382 e. The lowest BCUT2D eigenvalue weighted by atomic mass is 10.1. The molecule has 0 saturated carbocycles. The second-order valence-corrected chi connectivity index (χ2v) is 7.20. The van der Waals surface area contributed by atoms with Crippen LogP contribution < -0.4 is 10.6 Å². The van der Waals surface area contributed by atoms with Gasteiger partial charge in [-0.1, -0.05) is 18.2 Å². The molecule has 3 rings (SSSR count). The minimum absolute atomic E-state index is 0.890. The molecule has 1 aromatic heterocycles. The molecule has 0 radical (unpaired) electrons. The van der Waals surface area contributed by atoms with Crippen molar-refractivity contribution in [1.82, 2.24) is 14.8 Å². The number of pyridine rings is 1. The number of para-hydroxylation sites is 1. The number of anilines is 2. The Hall–Kier alpha value is -2.37. The predicted molar refractivity (Wildman–Crippen MR) is 113 cm³/mol. The molecule has 0 aliphatic rings. The molecule has 0 saturated heterocycles. The monoisotopic (exact) mass is 351 g/mol. The Morgan fingerprint density at radius 3 is 2.23 bits per heavy atom. The smallest absolute Gasteiger partial charge is 0.0732 e. The van der Waals surface area contributed by atoms with Crippen LogP contribution in [0.3, 0.4) is 0 Å². The summed E-state index contributed by atoms with van der Waals surface area (Å²) >= 11 is 0. The summed E-state index contributed by atoms with van der Waals surface area (Å²) < 4.78 is 0. The lowest BCUT2D eigenvalue weighted by Gasteiger charge is -2.19. The van der Waals surface area contributed by atoms with E-state index in [0.717, 1.165) is 54.0 Å². The molecule has 5 nitrogen and oxygen atoms in total. The van der Waals surface area contributed by atoms with Crippen LogP contribution in [-0.2, 0) is 0 Å². The number of fused-ring (bicyclic) bond motifs is 2. The van der Waals surface area contributed by atoms with Gasteiger partial charge in [0.1, 0.15) is 0 Å². The van der Waals surface area contributed by atoms with Gasteiger partial charge in [-0.3, -0.25) is 0 Å². The van der Waals surface area contributed by atoms with Gasteiger partial charge in [0.2, 0.25) is 0 Å². The molecule has 0 aliphatic heterocycles. The van der Waals surface area contributed by atoms with Crippen LogP contribution in [0.4, 0.5) is 11.4 Å². The van der Waals surface area contributed by atoms with Crippen molar-refractivity contribution in [3.63, 3.8) is 0 Å². The van der Waals surface area contributed by atoms with Crippen molar-refractivity contribution in [2.24, 2.45) is 0 Å². The van der Waals surface area contributed by atoms with Crippen LogP contribution in [0.5, 0.6) is 0 Å². The molecule has 0 fully saturated rings. The Morgan fingerprint density at radius 2 is 1.50 bits per heavy atom. The maximum Gasteiger partial charge on any atom is 0.0732 e. The summed E-state index contributed by atoms with van der Waals surface area (Å²) in [4.78, 5) is 9.21. The maximum absolute atomic E-state index is 4.84. The van der Waals surface area contributed by atoms with Gasteiger partial charge in [-0.25, -0.2) is 4.98 Å². The van der Waals surface area contributed by atoms with E-state index >= 15 is 0 Å². The molecule has 2 N–H and O–H groups in total. The zero-order valence-electron chi connectivity index (χ0n) is 16.2. The van der Waals surface area contributed by atoms with Gasteiger partial charge >= 0.3 is 0 Å². The summed E-state index contributed by atoms with van der Waals surface area (Å²) in [5.41, 5.74) is 4.33. The molecule has 26 heavy (non-hydrogen) atoms. The van der Waals surface area contributed by atoms with Gasteiger partial charge in [0.05, 0.1) is 22.4 Å². The van der Waals surface area contributed by atoms with Crippen LogP contribution in [0.15, 0.2) is 42.5 Å². The molecule has 0 aliphatic carbocycles. The molecule has 2 aromatic carbocycles. The van der Waals surface area contributed by atoms with E-state index in [2.05, 4.69) is 85.0 Å². The normalized spacial score (nSPS) is 11.6. The topological polar surface area (TPSA) is 43.4 Å². The number of rotatable bonds is 8. The zero-order chi connectivity index (χ0) is 18.5. The summed E-state index contributed by atoms with van der Waals surface area (Å²) in [7, 11) is 8.37. The fourth-order valence-electron chi connectivity index (χ4n) is 3.01. The van der Waals surface area contributed by atoms with Crippen molar-refractivity contribution in [3.05, 3.63) is 42.5 Å². The van der Waals surface area contributed by atoms with E-state index < -0.39 is 0 Å². The molecular weight excluding hydrogens is 322 g/mol. The van der Waals surface area contributed by atoms with Gasteiger partial charge < -0.3 is 20.4 Å². The van der Waals surface area contributed by atoms with Crippen LogP contribution in [0.2, 0.25) is 0 Å². The quantitative estimate of drug-likeness (QED) is 0.610. The summed E-state index contributed by atoms with van der Waals surface area (Å²) in [5.74, 6) is 0. The Kier molecular flexibility index (Phi) is 5.91. The average molecular weight is 351 g/mol. The highest BCUT2D eigenvalue weighted by Gasteiger charge is 2.10. The van der Waals surface area contributed by atoms with Crippen molar-refractivity contribution in [3.8, 4) is 0 Å². The molecule has 0 atom stereocenters. The van der Waals surface area contributed by atoms with E-state index in [4.69, 9.17) is 4.98 Å². The molecule has 1 heterocycles. The lowest BCUT2D eigenvalue weighted by Crippen LogP contribution is -2.23. The van der Waals surface area contributed by atoms with Gasteiger partial charge in [0, 0.05) is 37.0 Å². The van der Waals surface area contributed by atoms with Gasteiger partial charge in [-0.05, 0) is 52.5 Å². The number of nitrogens with zero attached hydrogens (tertiary/aromatic N) is 3. The fraction of sp³-hybridized carbons (Fsp3) is 0.381. The first-order valence-electron chi connectivity index (χ1n) is 9.14. The minimum atomic E-state index is 0.890. The summed E-state index contributed by atoms with van der Waals surface area (Å²) in [6, 6.07) is 14.8. The number of nitrogens with one attached hydrogen (secondary N) is 2. The van der Waals surface area contributed by atoms with Crippen molar-refractivity contribution >= 4 is 33.2 Å². The van der Waals surface area contributed by atoms with Gasteiger partial charge in [-0.15, -0.1) is 0 Å². The molecule has 138 valence electrons. The van der Waals surface area contributed by atoms with Crippen LogP contribution >= 0.6 is 0 Å². The Labute approximate surface area is 156 Å². The second-order valence-electron chi connectivity index (χ2n) is 7.20. The third-order valence-corrected chi connectivity index (χ3v) is 4.44. The highest BCUT2D eigenvalue weighted by molar-refractivity contribution is 6.03. The number of hydrogen-bond donors (Lipinski definition) is 2. The zero-order valence-corrected chi connectivity index (χ0v) is 16.2. The van der Waals surface area contributed by atoms with E-state index in [9.17, 15) is 0 Å². The highest BCUT2D eigenvalue weighted by Crippen LogP contribution is 2.32. The minimum Gasteiger partial charge on any atom is -0.382 e. The first-order valence-corrected chi connectivity index (χ1v) is 9.14. The maximum atomic E-state index is 4.84. The van der Waals surface area contributed by atoms with Gasteiger partial charge in [0.25, 0.3) is 0 Å². The number of hydrogen-bond acceptors (Lipinski definition) is 5. The van der Waals surface area contributed by atoms with E-state index in [0.29, 0.717) is 0 Å². The standard InChI is InChI=1S/C21H29N5/c1-25(2)13-11-22-20-10-9-19-17(21(20)23-12-14-26(3)4)15-16-7-5-6-8-18(16)24-19/h5-10,15,22-23H,11-14H2,1-4H3. The average Bonchev–Trinajstić information content (AvgIpc) is 2.61. The van der Waals surface area contributed by atoms with E-state index in [-0.39, 0.29) is 0 Å². The predicted octanol–water partition coefficient (Wildman–Crippen LogP) is 3.34. The van der Waals surface area contributed by atoms with Crippen molar-refractivity contribution in [1.29, 1.82) is 0 Å². The Morgan fingerprint density at radius 1 is 0.808 bits per heavy atom. The molecule has 0 amide bonds. The van der Waals surface area contributed by atoms with Crippen molar-refractivity contribution < 1.29 is 0 Å². The van der Waals surface area contributed by atoms with Crippen LogP contribution in [-0.4, -0.2) is 69.2 Å². The highest BCUT2D eigenvalue weighted by atomic mass is 15.1. The number of aromatic nitrogens is 1. The van der Waals surface area contributed by atoms with Gasteiger partial charge in [-0.2, -0.15) is 0 Å². The van der Waals surface area contributed by atoms with Crippen LogP contribution in [0.25, 0.3) is 21.8 Å². The number of benzene rings is 2. The van der Waals surface area contributed by atoms with E-state index in [1.54, 1.807) is 0 Å². The fourth-order valence-corrected chi connectivity index (χ4v) is 3.01. The molecule has 5 heteroatoms. The first kappa shape index (κ1) is 18.4. The third-order valence-electron chi connectivity index (χ3n) is 4.44. The van der Waals surface area contributed by atoms with Crippen LogP contribution in [0.1, 0.15) is 0 Å². The molecule has 0 spiro atoms. The SMILES string of the molecule is CN(C)CCNc1ccc2nc3ccccc3cc2c1NCCN(C)C. The Bertz CT molecular complexity index is 873. The molecule has 3 aromatic rings. The molecule has 0 unspecified atom stereocenters. The summed E-state index contributed by atoms with van der Waals surface area (Å²) in [6.07, 6.45) is 0. The van der Waals surface area contributed by atoms with E-state index in [1.165, 1.54) is 5.39 Å². The summed E-state index contributed by atoms with van der Waals surface area (Å²) in [6.45, 7) is 3.77. The molecule has 0 bridgehead atoms. The first-order chi connectivity index (χ1) is 12.5. The van der Waals surface area contributed by atoms with E-state index in [1.807, 2.05) is 6.07 Å².